The van der Waals surface area contributed by atoms with Crippen molar-refractivity contribution in [2.24, 2.45) is 0 Å². The Hall–Kier alpha value is -1.23. The molecule has 0 atom stereocenters. The van der Waals surface area contributed by atoms with Crippen LogP contribution in [0, 0.1) is 0 Å². The zero-order chi connectivity index (χ0) is 13.7. The fourth-order valence-electron chi connectivity index (χ4n) is 1.89. The molecule has 0 aliphatic heterocycles. The molecular formula is C14H18F3NO. The van der Waals surface area contributed by atoms with Crippen LogP contribution >= 0.6 is 0 Å². The van der Waals surface area contributed by atoms with E-state index in [9.17, 15) is 13.2 Å². The molecule has 1 N–H and O–H groups in total. The predicted molar refractivity (Wildman–Crippen MR) is 68.4 cm³/mol. The van der Waals surface area contributed by atoms with Gasteiger partial charge in [0, 0.05) is 17.8 Å². The number of halogens is 3. The highest BCUT2D eigenvalue weighted by Gasteiger charge is 2.31. The number of hydrogen-bond donors (Lipinski definition) is 1. The summed E-state index contributed by atoms with van der Waals surface area (Å²) in [6.07, 6.45) is 3.80. The van der Waals surface area contributed by atoms with Gasteiger partial charge in [-0.3, -0.25) is 0 Å². The number of hydrogen-bond acceptors (Lipinski definition) is 2. The second-order valence-corrected chi connectivity index (χ2v) is 4.77. The van der Waals surface area contributed by atoms with Gasteiger partial charge in [0.15, 0.2) is 6.67 Å². The summed E-state index contributed by atoms with van der Waals surface area (Å²) in [5.41, 5.74) is 0.253. The molecule has 1 aromatic carbocycles. The van der Waals surface area contributed by atoms with E-state index in [2.05, 4.69) is 5.32 Å². The smallest absolute Gasteiger partial charge is 0.301 e. The summed E-state index contributed by atoms with van der Waals surface area (Å²) in [6, 6.07) is 5.69. The van der Waals surface area contributed by atoms with Crippen LogP contribution in [0.25, 0.3) is 0 Å². The first-order valence-electron chi connectivity index (χ1n) is 6.51. The standard InChI is InChI=1S/C14H18F3NO/c15-10-14(16,17)11-3-1-4-12(9-11)18-7-8-19-13-5-2-6-13/h1,3-4,9,13,18H,2,5-8,10H2. The van der Waals surface area contributed by atoms with Crippen LogP contribution in [0.15, 0.2) is 24.3 Å². The maximum Gasteiger partial charge on any atom is 0.301 e. The Kier molecular flexibility index (Phi) is 4.69. The van der Waals surface area contributed by atoms with Crippen molar-refractivity contribution in [3.63, 3.8) is 0 Å². The molecule has 106 valence electrons. The molecule has 0 spiro atoms. The van der Waals surface area contributed by atoms with Gasteiger partial charge >= 0.3 is 5.92 Å². The van der Waals surface area contributed by atoms with Crippen LogP contribution in [0.5, 0.6) is 0 Å². The molecule has 0 heterocycles. The summed E-state index contributed by atoms with van der Waals surface area (Å²) in [7, 11) is 0. The monoisotopic (exact) mass is 273 g/mol. The lowest BCUT2D eigenvalue weighted by Crippen LogP contribution is -2.24. The van der Waals surface area contributed by atoms with Crippen LogP contribution in [0.1, 0.15) is 24.8 Å². The Morgan fingerprint density at radius 3 is 2.74 bits per heavy atom. The van der Waals surface area contributed by atoms with E-state index in [4.69, 9.17) is 4.74 Å². The fourth-order valence-corrected chi connectivity index (χ4v) is 1.89. The lowest BCUT2D eigenvalue weighted by molar-refractivity contribution is -0.0280. The molecular weight excluding hydrogens is 255 g/mol. The third kappa shape index (κ3) is 3.86. The average Bonchev–Trinajstić information content (AvgIpc) is 2.37. The molecule has 2 rings (SSSR count). The van der Waals surface area contributed by atoms with Crippen molar-refractivity contribution in [3.05, 3.63) is 29.8 Å². The predicted octanol–water partition coefficient (Wildman–Crippen LogP) is 3.73. The van der Waals surface area contributed by atoms with E-state index in [1.54, 1.807) is 6.07 Å². The number of ether oxygens (including phenoxy) is 1. The maximum atomic E-state index is 13.2. The summed E-state index contributed by atoms with van der Waals surface area (Å²) >= 11 is 0. The van der Waals surface area contributed by atoms with Gasteiger partial charge in [-0.15, -0.1) is 0 Å². The van der Waals surface area contributed by atoms with Gasteiger partial charge in [-0.2, -0.15) is 8.78 Å². The topological polar surface area (TPSA) is 21.3 Å². The number of nitrogens with one attached hydrogen (secondary N) is 1. The van der Waals surface area contributed by atoms with Gasteiger partial charge in [0.05, 0.1) is 12.7 Å². The Morgan fingerprint density at radius 1 is 1.32 bits per heavy atom. The minimum absolute atomic E-state index is 0.306. The van der Waals surface area contributed by atoms with Gasteiger partial charge in [0.25, 0.3) is 0 Å². The van der Waals surface area contributed by atoms with Crippen molar-refractivity contribution in [2.45, 2.75) is 31.3 Å². The van der Waals surface area contributed by atoms with Crippen LogP contribution in [-0.4, -0.2) is 25.9 Å². The zero-order valence-electron chi connectivity index (χ0n) is 10.7. The highest BCUT2D eigenvalue weighted by atomic mass is 19.3. The highest BCUT2D eigenvalue weighted by Crippen LogP contribution is 2.29. The minimum atomic E-state index is -3.42. The summed E-state index contributed by atoms with van der Waals surface area (Å²) < 4.78 is 44.2. The Morgan fingerprint density at radius 2 is 2.11 bits per heavy atom. The van der Waals surface area contributed by atoms with Gasteiger partial charge in [-0.25, -0.2) is 4.39 Å². The van der Waals surface area contributed by atoms with Crippen LogP contribution in [0.3, 0.4) is 0 Å². The highest BCUT2D eigenvalue weighted by molar-refractivity contribution is 5.46. The van der Waals surface area contributed by atoms with Gasteiger partial charge in [-0.05, 0) is 31.4 Å². The Balaban J connectivity index is 1.81. The van der Waals surface area contributed by atoms with Crippen LogP contribution in [0.4, 0.5) is 18.9 Å². The summed E-state index contributed by atoms with van der Waals surface area (Å²) in [6.45, 7) is -0.573. The number of benzene rings is 1. The lowest BCUT2D eigenvalue weighted by Gasteiger charge is -2.25. The molecule has 1 aromatic rings. The van der Waals surface area contributed by atoms with E-state index in [0.717, 1.165) is 12.8 Å². The van der Waals surface area contributed by atoms with Crippen molar-refractivity contribution >= 4 is 5.69 Å². The molecule has 0 aromatic heterocycles. The van der Waals surface area contributed by atoms with E-state index in [1.807, 2.05) is 0 Å². The second kappa shape index (κ2) is 6.28. The second-order valence-electron chi connectivity index (χ2n) is 4.77. The van der Waals surface area contributed by atoms with Gasteiger partial charge in [0.2, 0.25) is 0 Å². The quantitative estimate of drug-likeness (QED) is 0.764. The first-order valence-corrected chi connectivity index (χ1v) is 6.51. The van der Waals surface area contributed by atoms with E-state index < -0.39 is 12.6 Å². The average molecular weight is 273 g/mol. The molecule has 0 radical (unpaired) electrons. The first-order chi connectivity index (χ1) is 9.12. The molecule has 0 saturated heterocycles. The van der Waals surface area contributed by atoms with Crippen molar-refractivity contribution in [2.75, 3.05) is 25.1 Å². The third-order valence-corrected chi connectivity index (χ3v) is 3.29. The molecule has 19 heavy (non-hydrogen) atoms. The largest absolute Gasteiger partial charge is 0.383 e. The molecule has 5 heteroatoms. The van der Waals surface area contributed by atoms with Crippen LogP contribution in [-0.2, 0) is 10.7 Å². The van der Waals surface area contributed by atoms with Crippen molar-refractivity contribution in [1.29, 1.82) is 0 Å². The lowest BCUT2D eigenvalue weighted by atomic mass is 9.96. The third-order valence-electron chi connectivity index (χ3n) is 3.29. The molecule has 0 bridgehead atoms. The SMILES string of the molecule is FCC(F)(F)c1cccc(NCCOC2CCC2)c1. The van der Waals surface area contributed by atoms with Gasteiger partial charge < -0.3 is 10.1 Å². The van der Waals surface area contributed by atoms with E-state index in [0.29, 0.717) is 24.9 Å². The Bertz CT molecular complexity index is 407. The van der Waals surface area contributed by atoms with Crippen molar-refractivity contribution in [1.82, 2.24) is 0 Å². The first kappa shape index (κ1) is 14.2. The molecule has 1 saturated carbocycles. The minimum Gasteiger partial charge on any atom is -0.383 e. The molecule has 2 nitrogen and oxygen atoms in total. The number of alkyl halides is 3. The number of anilines is 1. The molecule has 0 amide bonds. The number of rotatable bonds is 7. The van der Waals surface area contributed by atoms with E-state index in [1.165, 1.54) is 24.6 Å². The van der Waals surface area contributed by atoms with Crippen LogP contribution < -0.4 is 5.32 Å². The Labute approximate surface area is 111 Å². The molecule has 0 unspecified atom stereocenters. The molecule has 1 aliphatic carbocycles. The fraction of sp³-hybridized carbons (Fsp3) is 0.571. The summed E-state index contributed by atoms with van der Waals surface area (Å²) in [4.78, 5) is 0. The normalized spacial score (nSPS) is 16.2. The molecule has 1 fully saturated rings. The van der Waals surface area contributed by atoms with Gasteiger partial charge in [0.1, 0.15) is 0 Å². The van der Waals surface area contributed by atoms with Crippen LogP contribution in [0.2, 0.25) is 0 Å². The zero-order valence-corrected chi connectivity index (χ0v) is 10.7. The van der Waals surface area contributed by atoms with Crippen molar-refractivity contribution < 1.29 is 17.9 Å². The maximum absolute atomic E-state index is 13.2. The van der Waals surface area contributed by atoms with E-state index in [-0.39, 0.29) is 5.56 Å². The van der Waals surface area contributed by atoms with Gasteiger partial charge in [-0.1, -0.05) is 12.1 Å². The summed E-state index contributed by atoms with van der Waals surface area (Å²) in [5.74, 6) is -3.42. The van der Waals surface area contributed by atoms with Crippen molar-refractivity contribution in [3.8, 4) is 0 Å². The van der Waals surface area contributed by atoms with E-state index >= 15 is 0 Å². The summed E-state index contributed by atoms with van der Waals surface area (Å²) in [5, 5.41) is 3.00. The molecule has 1 aliphatic rings.